The number of nitrogens with zero attached hydrogens (tertiary/aromatic N) is 4. The highest BCUT2D eigenvalue weighted by molar-refractivity contribution is 5.76. The number of nitriles is 1. The largest absolute Gasteiger partial charge is 0.465 e. The summed E-state index contributed by atoms with van der Waals surface area (Å²) in [7, 11) is 1.85. The lowest BCUT2D eigenvalue weighted by molar-refractivity contribution is 0.557. The molecule has 0 saturated heterocycles. The number of aromatic nitrogens is 3. The van der Waals surface area contributed by atoms with Gasteiger partial charge in [0.15, 0.2) is 11.6 Å². The molecule has 0 aliphatic carbocycles. The SMILES string of the molecule is Cn1c(/C(C#N)=C/C=C/c2ccco2)nnc1-c1ccccc1. The molecule has 1 aromatic carbocycles. The van der Waals surface area contributed by atoms with Gasteiger partial charge in [-0.1, -0.05) is 36.4 Å². The van der Waals surface area contributed by atoms with Crippen LogP contribution in [0, 0.1) is 11.3 Å². The van der Waals surface area contributed by atoms with Gasteiger partial charge in [0.05, 0.1) is 11.8 Å². The van der Waals surface area contributed by atoms with E-state index in [-0.39, 0.29) is 0 Å². The van der Waals surface area contributed by atoms with Gasteiger partial charge < -0.3 is 8.98 Å². The maximum atomic E-state index is 9.38. The van der Waals surface area contributed by atoms with Crippen LogP contribution in [0.1, 0.15) is 11.6 Å². The van der Waals surface area contributed by atoms with Crippen LogP contribution in [0.3, 0.4) is 0 Å². The number of hydrogen-bond donors (Lipinski definition) is 0. The van der Waals surface area contributed by atoms with Crippen molar-refractivity contribution < 1.29 is 4.42 Å². The lowest BCUT2D eigenvalue weighted by Gasteiger charge is -2.02. The first-order valence-electron chi connectivity index (χ1n) is 7.07. The summed E-state index contributed by atoms with van der Waals surface area (Å²) in [6, 6.07) is 15.6. The van der Waals surface area contributed by atoms with Crippen molar-refractivity contribution in [3.8, 4) is 17.5 Å². The van der Waals surface area contributed by atoms with Crippen molar-refractivity contribution in [2.24, 2.45) is 7.05 Å². The topological polar surface area (TPSA) is 67.6 Å². The fourth-order valence-corrected chi connectivity index (χ4v) is 2.19. The second-order valence-corrected chi connectivity index (χ2v) is 4.84. The summed E-state index contributed by atoms with van der Waals surface area (Å²) in [5, 5.41) is 17.7. The van der Waals surface area contributed by atoms with Gasteiger partial charge in [0.2, 0.25) is 0 Å². The van der Waals surface area contributed by atoms with Crippen molar-refractivity contribution in [1.82, 2.24) is 14.8 Å². The first-order chi connectivity index (χ1) is 11.3. The van der Waals surface area contributed by atoms with Gasteiger partial charge in [0.1, 0.15) is 11.8 Å². The molecule has 112 valence electrons. The van der Waals surface area contributed by atoms with Gasteiger partial charge in [-0.2, -0.15) is 5.26 Å². The highest BCUT2D eigenvalue weighted by atomic mass is 16.3. The Hall–Kier alpha value is -3.39. The summed E-state index contributed by atoms with van der Waals surface area (Å²) >= 11 is 0. The second kappa shape index (κ2) is 6.58. The molecule has 0 aliphatic heterocycles. The number of allylic oxidation sites excluding steroid dienone is 3. The Kier molecular flexibility index (Phi) is 4.16. The van der Waals surface area contributed by atoms with E-state index in [4.69, 9.17) is 4.42 Å². The first-order valence-corrected chi connectivity index (χ1v) is 7.07. The molecule has 5 nitrogen and oxygen atoms in total. The molecule has 0 amide bonds. The van der Waals surface area contributed by atoms with Gasteiger partial charge in [0.25, 0.3) is 0 Å². The molecule has 0 saturated carbocycles. The fourth-order valence-electron chi connectivity index (χ4n) is 2.19. The quantitative estimate of drug-likeness (QED) is 0.544. The lowest BCUT2D eigenvalue weighted by Crippen LogP contribution is -1.98. The Morgan fingerprint density at radius 2 is 2.00 bits per heavy atom. The van der Waals surface area contributed by atoms with Gasteiger partial charge in [0, 0.05) is 12.6 Å². The van der Waals surface area contributed by atoms with E-state index < -0.39 is 0 Å². The maximum absolute atomic E-state index is 9.38. The van der Waals surface area contributed by atoms with Gasteiger partial charge in [-0.25, -0.2) is 0 Å². The number of furan rings is 1. The Balaban J connectivity index is 1.91. The molecule has 2 aromatic heterocycles. The molecule has 0 spiro atoms. The van der Waals surface area contributed by atoms with Gasteiger partial charge in [-0.05, 0) is 24.3 Å². The zero-order valence-corrected chi connectivity index (χ0v) is 12.5. The van der Waals surface area contributed by atoms with Gasteiger partial charge in [-0.3, -0.25) is 0 Å². The predicted molar refractivity (Wildman–Crippen MR) is 87.8 cm³/mol. The monoisotopic (exact) mass is 302 g/mol. The Morgan fingerprint density at radius 3 is 2.70 bits per heavy atom. The maximum Gasteiger partial charge on any atom is 0.174 e. The van der Waals surface area contributed by atoms with Crippen molar-refractivity contribution in [2.75, 3.05) is 0 Å². The zero-order chi connectivity index (χ0) is 16.1. The Bertz CT molecular complexity index is 881. The molecule has 5 heteroatoms. The van der Waals surface area contributed by atoms with Crippen LogP contribution in [0.5, 0.6) is 0 Å². The van der Waals surface area contributed by atoms with Crippen LogP contribution in [-0.4, -0.2) is 14.8 Å². The van der Waals surface area contributed by atoms with Crippen LogP contribution < -0.4 is 0 Å². The van der Waals surface area contributed by atoms with Crippen LogP contribution in [0.15, 0.2) is 65.3 Å². The summed E-state index contributed by atoms with van der Waals surface area (Å²) in [5.41, 5.74) is 1.39. The molecule has 0 radical (unpaired) electrons. The summed E-state index contributed by atoms with van der Waals surface area (Å²) in [5.74, 6) is 1.97. The fraction of sp³-hybridized carbons (Fsp3) is 0.0556. The lowest BCUT2D eigenvalue weighted by atomic mass is 10.2. The number of benzene rings is 1. The summed E-state index contributed by atoms with van der Waals surface area (Å²) < 4.78 is 7.02. The van der Waals surface area contributed by atoms with Crippen molar-refractivity contribution in [2.45, 2.75) is 0 Å². The third-order valence-corrected chi connectivity index (χ3v) is 3.33. The molecule has 0 fully saturated rings. The molecule has 0 N–H and O–H groups in total. The minimum atomic E-state index is 0.435. The van der Waals surface area contributed by atoms with Crippen molar-refractivity contribution >= 4 is 11.6 Å². The third-order valence-electron chi connectivity index (χ3n) is 3.33. The average molecular weight is 302 g/mol. The van der Waals surface area contributed by atoms with Crippen LogP contribution in [-0.2, 0) is 7.05 Å². The van der Waals surface area contributed by atoms with Gasteiger partial charge in [-0.15, -0.1) is 10.2 Å². The van der Waals surface area contributed by atoms with E-state index in [1.165, 1.54) is 0 Å². The smallest absolute Gasteiger partial charge is 0.174 e. The molecule has 0 atom stereocenters. The Labute approximate surface area is 133 Å². The predicted octanol–water partition coefficient (Wildman–Crippen LogP) is 3.70. The summed E-state index contributed by atoms with van der Waals surface area (Å²) in [4.78, 5) is 0. The van der Waals surface area contributed by atoms with E-state index in [0.717, 1.165) is 17.1 Å². The molecule has 3 rings (SSSR count). The Morgan fingerprint density at radius 1 is 1.17 bits per heavy atom. The second-order valence-electron chi connectivity index (χ2n) is 4.84. The molecular weight excluding hydrogens is 288 g/mol. The minimum Gasteiger partial charge on any atom is -0.465 e. The van der Waals surface area contributed by atoms with E-state index in [9.17, 15) is 5.26 Å². The van der Waals surface area contributed by atoms with E-state index in [1.54, 1.807) is 24.5 Å². The highest BCUT2D eigenvalue weighted by Gasteiger charge is 2.13. The van der Waals surface area contributed by atoms with Crippen LogP contribution >= 0.6 is 0 Å². The van der Waals surface area contributed by atoms with Gasteiger partial charge >= 0.3 is 0 Å². The summed E-state index contributed by atoms with van der Waals surface area (Å²) in [6.45, 7) is 0. The molecular formula is C18H14N4O. The van der Waals surface area contributed by atoms with Crippen molar-refractivity contribution in [3.05, 3.63) is 72.5 Å². The molecule has 2 heterocycles. The van der Waals surface area contributed by atoms with Crippen LogP contribution in [0.25, 0.3) is 23.0 Å². The zero-order valence-electron chi connectivity index (χ0n) is 12.5. The highest BCUT2D eigenvalue weighted by Crippen LogP contribution is 2.20. The standard InChI is InChI=1S/C18H14N4O/c1-22-17(14-7-3-2-4-8-14)20-21-18(22)15(13-19)9-5-10-16-11-6-12-23-16/h2-12H,1H3/b10-5+,15-9+. The summed E-state index contributed by atoms with van der Waals surface area (Å²) in [6.07, 6.45) is 6.84. The average Bonchev–Trinajstić information content (AvgIpc) is 3.23. The normalized spacial score (nSPS) is 11.7. The van der Waals surface area contributed by atoms with E-state index in [1.807, 2.05) is 54.1 Å². The van der Waals surface area contributed by atoms with E-state index in [0.29, 0.717) is 11.4 Å². The molecule has 23 heavy (non-hydrogen) atoms. The minimum absolute atomic E-state index is 0.435. The number of hydrogen-bond acceptors (Lipinski definition) is 4. The molecule has 0 unspecified atom stereocenters. The van der Waals surface area contributed by atoms with E-state index in [2.05, 4.69) is 16.3 Å². The first kappa shape index (κ1) is 14.5. The third kappa shape index (κ3) is 3.11. The van der Waals surface area contributed by atoms with Crippen molar-refractivity contribution in [3.63, 3.8) is 0 Å². The van der Waals surface area contributed by atoms with Crippen LogP contribution in [0.4, 0.5) is 0 Å². The molecule has 3 aromatic rings. The van der Waals surface area contributed by atoms with E-state index >= 15 is 0 Å². The van der Waals surface area contributed by atoms with Crippen LogP contribution in [0.2, 0.25) is 0 Å². The molecule has 0 aliphatic rings. The molecule has 0 bridgehead atoms. The number of rotatable bonds is 4. The van der Waals surface area contributed by atoms with Crippen molar-refractivity contribution in [1.29, 1.82) is 5.26 Å².